The van der Waals surface area contributed by atoms with Gasteiger partial charge in [0.1, 0.15) is 5.75 Å². The molecule has 0 aliphatic carbocycles. The summed E-state index contributed by atoms with van der Waals surface area (Å²) in [7, 11) is 0. The number of aromatic nitrogens is 1. The molecule has 1 aromatic carbocycles. The molecule has 0 saturated heterocycles. The monoisotopic (exact) mass is 219 g/mol. The lowest BCUT2D eigenvalue weighted by Crippen LogP contribution is -2.20. The summed E-state index contributed by atoms with van der Waals surface area (Å²) in [5, 5.41) is 20.9. The second kappa shape index (κ2) is 3.52. The zero-order chi connectivity index (χ0) is 11.9. The highest BCUT2D eigenvalue weighted by Gasteiger charge is 2.23. The summed E-state index contributed by atoms with van der Waals surface area (Å²) in [6, 6.07) is 7.35. The topological polar surface area (TPSA) is 45.4 Å². The Bertz CT molecular complexity index is 520. The zero-order valence-electron chi connectivity index (χ0n) is 9.86. The van der Waals surface area contributed by atoms with Crippen LogP contribution >= 0.6 is 0 Å². The predicted octanol–water partition coefficient (Wildman–Crippen LogP) is 2.59. The Hall–Kier alpha value is -1.48. The Morgan fingerprint density at radius 3 is 2.56 bits per heavy atom. The molecule has 86 valence electrons. The van der Waals surface area contributed by atoms with Gasteiger partial charge in [0.15, 0.2) is 0 Å². The molecule has 0 amide bonds. The molecule has 3 nitrogen and oxygen atoms in total. The van der Waals surface area contributed by atoms with Crippen LogP contribution in [0.15, 0.2) is 24.3 Å². The van der Waals surface area contributed by atoms with E-state index in [-0.39, 0.29) is 5.75 Å². The Kier molecular flexibility index (Phi) is 2.43. The molecule has 2 aromatic rings. The molecule has 0 bridgehead atoms. The number of aliphatic hydroxyl groups is 1. The lowest BCUT2D eigenvalue weighted by Gasteiger charge is -2.20. The largest absolute Gasteiger partial charge is 0.506 e. The van der Waals surface area contributed by atoms with Crippen LogP contribution in [0.5, 0.6) is 5.75 Å². The molecule has 2 rings (SSSR count). The number of phenolic OH excluding ortho intramolecular Hbond substituents is 1. The minimum absolute atomic E-state index is 0.259. The highest BCUT2D eigenvalue weighted by Crippen LogP contribution is 2.32. The van der Waals surface area contributed by atoms with E-state index in [4.69, 9.17) is 0 Å². The van der Waals surface area contributed by atoms with Gasteiger partial charge in [-0.2, -0.15) is 0 Å². The van der Waals surface area contributed by atoms with Gasteiger partial charge in [0.05, 0.1) is 16.8 Å². The van der Waals surface area contributed by atoms with Crippen LogP contribution in [0.25, 0.3) is 10.9 Å². The highest BCUT2D eigenvalue weighted by atomic mass is 16.3. The summed E-state index contributed by atoms with van der Waals surface area (Å²) in [4.78, 5) is 0. The number of aryl methyl sites for hydroxylation is 1. The van der Waals surface area contributed by atoms with Gasteiger partial charge < -0.3 is 14.8 Å². The number of benzene rings is 1. The molecular formula is C13H17NO2. The summed E-state index contributed by atoms with van der Waals surface area (Å²) >= 11 is 0. The standard InChI is InChI=1S/C13H17NO2/c1-4-14-11(13(2,3)16)8-9-6-5-7-10(15)12(9)14/h5-8,15-16H,4H2,1-3H3. The molecule has 1 heterocycles. The lowest BCUT2D eigenvalue weighted by molar-refractivity contribution is 0.0703. The fourth-order valence-electron chi connectivity index (χ4n) is 2.14. The molecule has 0 unspecified atom stereocenters. The summed E-state index contributed by atoms with van der Waals surface area (Å²) in [6.07, 6.45) is 0. The quantitative estimate of drug-likeness (QED) is 0.815. The van der Waals surface area contributed by atoms with Crippen molar-refractivity contribution >= 4 is 10.9 Å². The van der Waals surface area contributed by atoms with E-state index < -0.39 is 5.60 Å². The number of phenols is 1. The van der Waals surface area contributed by atoms with Crippen molar-refractivity contribution in [3.05, 3.63) is 30.0 Å². The third-order valence-corrected chi connectivity index (χ3v) is 2.84. The van der Waals surface area contributed by atoms with Crippen molar-refractivity contribution < 1.29 is 10.2 Å². The first kappa shape index (κ1) is 11.0. The number of hydrogen-bond acceptors (Lipinski definition) is 2. The molecule has 3 heteroatoms. The Labute approximate surface area is 94.9 Å². The maximum absolute atomic E-state index is 10.1. The van der Waals surface area contributed by atoms with E-state index in [1.54, 1.807) is 19.9 Å². The van der Waals surface area contributed by atoms with E-state index in [2.05, 4.69) is 0 Å². The van der Waals surface area contributed by atoms with Gasteiger partial charge in [0.25, 0.3) is 0 Å². The van der Waals surface area contributed by atoms with E-state index in [0.717, 1.165) is 23.1 Å². The molecule has 0 aliphatic heterocycles. The first-order chi connectivity index (χ1) is 7.45. The zero-order valence-corrected chi connectivity index (χ0v) is 9.86. The second-order valence-electron chi connectivity index (χ2n) is 4.55. The van der Waals surface area contributed by atoms with Crippen LogP contribution in [0.4, 0.5) is 0 Å². The second-order valence-corrected chi connectivity index (χ2v) is 4.55. The van der Waals surface area contributed by atoms with Crippen molar-refractivity contribution in [2.24, 2.45) is 0 Å². The maximum atomic E-state index is 10.1. The van der Waals surface area contributed by atoms with Crippen LogP contribution in [0.3, 0.4) is 0 Å². The number of nitrogens with zero attached hydrogens (tertiary/aromatic N) is 1. The van der Waals surface area contributed by atoms with Crippen molar-refractivity contribution in [1.29, 1.82) is 0 Å². The fourth-order valence-corrected chi connectivity index (χ4v) is 2.14. The predicted molar refractivity (Wildman–Crippen MR) is 64.5 cm³/mol. The highest BCUT2D eigenvalue weighted by molar-refractivity contribution is 5.87. The summed E-state index contributed by atoms with van der Waals surface area (Å²) in [5.41, 5.74) is 0.718. The van der Waals surface area contributed by atoms with Crippen LogP contribution in [-0.2, 0) is 12.1 Å². The molecule has 16 heavy (non-hydrogen) atoms. The first-order valence-corrected chi connectivity index (χ1v) is 5.49. The molecule has 0 aliphatic rings. The Morgan fingerprint density at radius 1 is 1.31 bits per heavy atom. The number of fused-ring (bicyclic) bond motifs is 1. The van der Waals surface area contributed by atoms with Gasteiger partial charge in [-0.1, -0.05) is 12.1 Å². The van der Waals surface area contributed by atoms with Crippen molar-refractivity contribution in [3.63, 3.8) is 0 Å². The van der Waals surface area contributed by atoms with E-state index in [9.17, 15) is 10.2 Å². The summed E-state index contributed by atoms with van der Waals surface area (Å²) < 4.78 is 1.95. The van der Waals surface area contributed by atoms with Crippen LogP contribution in [0.2, 0.25) is 0 Å². The van der Waals surface area contributed by atoms with Crippen LogP contribution in [-0.4, -0.2) is 14.8 Å². The first-order valence-electron chi connectivity index (χ1n) is 5.49. The summed E-state index contributed by atoms with van der Waals surface area (Å²) in [6.45, 7) is 6.23. The Balaban J connectivity index is 2.83. The lowest BCUT2D eigenvalue weighted by atomic mass is 10.1. The van der Waals surface area contributed by atoms with E-state index in [1.807, 2.05) is 29.7 Å². The molecule has 0 radical (unpaired) electrons. The fraction of sp³-hybridized carbons (Fsp3) is 0.385. The van der Waals surface area contributed by atoms with Crippen molar-refractivity contribution in [1.82, 2.24) is 4.57 Å². The number of rotatable bonds is 2. The minimum Gasteiger partial charge on any atom is -0.506 e. The third kappa shape index (κ3) is 1.57. The van der Waals surface area contributed by atoms with E-state index in [0.29, 0.717) is 0 Å². The van der Waals surface area contributed by atoms with E-state index >= 15 is 0 Å². The average molecular weight is 219 g/mol. The molecule has 1 aromatic heterocycles. The number of hydrogen-bond donors (Lipinski definition) is 2. The van der Waals surface area contributed by atoms with Gasteiger partial charge in [-0.15, -0.1) is 0 Å². The van der Waals surface area contributed by atoms with Crippen LogP contribution in [0.1, 0.15) is 26.5 Å². The normalized spacial score (nSPS) is 12.2. The van der Waals surface area contributed by atoms with Gasteiger partial charge >= 0.3 is 0 Å². The molecule has 0 fully saturated rings. The average Bonchev–Trinajstić information content (AvgIpc) is 2.57. The SMILES string of the molecule is CCn1c(C(C)(C)O)cc2cccc(O)c21. The van der Waals surface area contributed by atoms with Gasteiger partial charge in [-0.25, -0.2) is 0 Å². The Morgan fingerprint density at radius 2 is 2.00 bits per heavy atom. The molecule has 0 saturated carbocycles. The van der Waals surface area contributed by atoms with Gasteiger partial charge in [-0.3, -0.25) is 0 Å². The molecular weight excluding hydrogens is 202 g/mol. The van der Waals surface area contributed by atoms with Crippen molar-refractivity contribution in [3.8, 4) is 5.75 Å². The number of aromatic hydroxyl groups is 1. The van der Waals surface area contributed by atoms with Crippen molar-refractivity contribution in [2.45, 2.75) is 32.9 Å². The van der Waals surface area contributed by atoms with Gasteiger partial charge in [-0.05, 0) is 32.9 Å². The smallest absolute Gasteiger partial charge is 0.139 e. The summed E-state index contributed by atoms with van der Waals surface area (Å²) in [5.74, 6) is 0.259. The molecule has 2 N–H and O–H groups in total. The number of para-hydroxylation sites is 1. The van der Waals surface area contributed by atoms with Crippen molar-refractivity contribution in [2.75, 3.05) is 0 Å². The third-order valence-electron chi connectivity index (χ3n) is 2.84. The van der Waals surface area contributed by atoms with E-state index in [1.165, 1.54) is 0 Å². The van der Waals surface area contributed by atoms with Crippen LogP contribution < -0.4 is 0 Å². The molecule has 0 atom stereocenters. The maximum Gasteiger partial charge on any atom is 0.139 e. The minimum atomic E-state index is -0.901. The molecule has 0 spiro atoms. The van der Waals surface area contributed by atoms with Crippen LogP contribution in [0, 0.1) is 0 Å². The van der Waals surface area contributed by atoms with Gasteiger partial charge in [0, 0.05) is 11.9 Å². The van der Waals surface area contributed by atoms with Gasteiger partial charge in [0.2, 0.25) is 0 Å².